The van der Waals surface area contributed by atoms with Crippen LogP contribution < -0.4 is 15.7 Å². The average Bonchev–Trinajstić information content (AvgIpc) is 2.63. The molecule has 0 spiro atoms. The summed E-state index contributed by atoms with van der Waals surface area (Å²) in [4.78, 5) is 30.5. The van der Waals surface area contributed by atoms with Crippen molar-refractivity contribution in [2.24, 2.45) is 0 Å². The smallest absolute Gasteiger partial charge is 0.295 e. The van der Waals surface area contributed by atoms with E-state index in [1.807, 2.05) is 43.3 Å². The molecule has 2 aromatic carbocycles. The summed E-state index contributed by atoms with van der Waals surface area (Å²) < 4.78 is 1.99. The first kappa shape index (κ1) is 17.9. The number of hydrogen-bond donors (Lipinski definition) is 1. The molecule has 0 fully saturated rings. The highest BCUT2D eigenvalue weighted by molar-refractivity contribution is 9.10. The van der Waals surface area contributed by atoms with Gasteiger partial charge in [-0.25, -0.2) is 0 Å². The number of aryl methyl sites for hydroxylation is 1. The predicted molar refractivity (Wildman–Crippen MR) is 104 cm³/mol. The first-order valence-electron chi connectivity index (χ1n) is 8.00. The summed E-state index contributed by atoms with van der Waals surface area (Å²) in [5, 5.41) is 2.71. The number of anilines is 1. The number of rotatable bonds is 5. The summed E-state index contributed by atoms with van der Waals surface area (Å²) in [6.45, 7) is 2.22. The molecule has 0 saturated heterocycles. The van der Waals surface area contributed by atoms with Gasteiger partial charge in [-0.05, 0) is 48.9 Å². The van der Waals surface area contributed by atoms with Crippen LogP contribution in [0.25, 0.3) is 0 Å². The molecule has 5 nitrogen and oxygen atoms in total. The summed E-state index contributed by atoms with van der Waals surface area (Å²) in [6.07, 6.45) is 1.49. The Labute approximate surface area is 159 Å². The van der Waals surface area contributed by atoms with Gasteiger partial charge in [0.25, 0.3) is 11.5 Å². The summed E-state index contributed by atoms with van der Waals surface area (Å²) in [7, 11) is 0. The van der Waals surface area contributed by atoms with Crippen molar-refractivity contribution >= 4 is 27.5 Å². The zero-order chi connectivity index (χ0) is 18.5. The molecule has 1 N–H and O–H groups in total. The quantitative estimate of drug-likeness (QED) is 0.692. The maximum absolute atomic E-state index is 12.5. The number of carbonyl (C=O) groups excluding carboxylic acids is 1. The third-order valence-electron chi connectivity index (χ3n) is 3.71. The zero-order valence-electron chi connectivity index (χ0n) is 14.1. The number of nitrogens with zero attached hydrogens (tertiary/aromatic N) is 1. The fourth-order valence-corrected chi connectivity index (χ4v) is 2.69. The Hall–Kier alpha value is -2.86. The number of amides is 1. The number of aromatic nitrogens is 1. The van der Waals surface area contributed by atoms with Crippen molar-refractivity contribution in [2.75, 3.05) is 5.32 Å². The van der Waals surface area contributed by atoms with Crippen LogP contribution in [0, 0.1) is 6.92 Å². The first-order chi connectivity index (χ1) is 12.5. The second kappa shape index (κ2) is 8.01. The van der Waals surface area contributed by atoms with Crippen molar-refractivity contribution in [3.63, 3.8) is 0 Å². The van der Waals surface area contributed by atoms with E-state index < -0.39 is 11.5 Å². The Morgan fingerprint density at radius 2 is 1.88 bits per heavy atom. The topological polar surface area (TPSA) is 60.3 Å². The minimum atomic E-state index is -0.505. The van der Waals surface area contributed by atoms with Crippen molar-refractivity contribution < 1.29 is 9.63 Å². The minimum absolute atomic E-state index is 0.0136. The fourth-order valence-electron chi connectivity index (χ4n) is 2.43. The van der Waals surface area contributed by atoms with Gasteiger partial charge >= 0.3 is 0 Å². The van der Waals surface area contributed by atoms with Gasteiger partial charge in [-0.2, -0.15) is 4.73 Å². The summed E-state index contributed by atoms with van der Waals surface area (Å²) in [5.41, 5.74) is 2.17. The van der Waals surface area contributed by atoms with Crippen molar-refractivity contribution in [1.82, 2.24) is 4.73 Å². The molecule has 26 heavy (non-hydrogen) atoms. The lowest BCUT2D eigenvalue weighted by molar-refractivity contribution is 0.0863. The molecular weight excluding hydrogens is 396 g/mol. The van der Waals surface area contributed by atoms with E-state index in [0.29, 0.717) is 5.69 Å². The van der Waals surface area contributed by atoms with Crippen LogP contribution in [-0.2, 0) is 6.61 Å². The van der Waals surface area contributed by atoms with E-state index in [9.17, 15) is 9.59 Å². The number of pyridine rings is 1. The molecule has 132 valence electrons. The molecule has 1 amide bonds. The monoisotopic (exact) mass is 412 g/mol. The van der Waals surface area contributed by atoms with Crippen LogP contribution in [-0.4, -0.2) is 10.6 Å². The lowest BCUT2D eigenvalue weighted by atomic mass is 10.1. The number of benzene rings is 2. The molecule has 0 bridgehead atoms. The van der Waals surface area contributed by atoms with Gasteiger partial charge in [0.15, 0.2) is 0 Å². The maximum atomic E-state index is 12.5. The normalized spacial score (nSPS) is 10.4. The van der Waals surface area contributed by atoms with E-state index in [2.05, 4.69) is 21.2 Å². The summed E-state index contributed by atoms with van der Waals surface area (Å²) in [5.74, 6) is -0.481. The molecule has 0 atom stereocenters. The van der Waals surface area contributed by atoms with Gasteiger partial charge < -0.3 is 10.2 Å². The van der Waals surface area contributed by atoms with Gasteiger partial charge in [0.2, 0.25) is 0 Å². The molecule has 0 aliphatic rings. The Kier molecular flexibility index (Phi) is 5.53. The van der Waals surface area contributed by atoms with Gasteiger partial charge in [-0.1, -0.05) is 45.8 Å². The highest BCUT2D eigenvalue weighted by Gasteiger charge is 2.13. The van der Waals surface area contributed by atoms with Crippen molar-refractivity contribution in [1.29, 1.82) is 0 Å². The number of hydrogen-bond acceptors (Lipinski definition) is 3. The van der Waals surface area contributed by atoms with Crippen LogP contribution in [0.4, 0.5) is 5.69 Å². The van der Waals surface area contributed by atoms with Gasteiger partial charge in [0.1, 0.15) is 12.2 Å². The van der Waals surface area contributed by atoms with Crippen molar-refractivity contribution in [3.05, 3.63) is 98.4 Å². The van der Waals surface area contributed by atoms with E-state index in [0.717, 1.165) is 20.3 Å². The first-order valence-corrected chi connectivity index (χ1v) is 8.79. The maximum Gasteiger partial charge on any atom is 0.295 e. The second-order valence-electron chi connectivity index (χ2n) is 5.78. The highest BCUT2D eigenvalue weighted by atomic mass is 79.9. The van der Waals surface area contributed by atoms with E-state index in [1.165, 1.54) is 12.3 Å². The van der Waals surface area contributed by atoms with Crippen LogP contribution in [0.2, 0.25) is 0 Å². The lowest BCUT2D eigenvalue weighted by Gasteiger charge is -2.10. The van der Waals surface area contributed by atoms with Crippen LogP contribution in [0.3, 0.4) is 0 Å². The molecule has 1 aromatic heterocycles. The Bertz CT molecular complexity index is 981. The van der Waals surface area contributed by atoms with Gasteiger partial charge in [-0.15, -0.1) is 0 Å². The largest absolute Gasteiger partial charge is 0.406 e. The highest BCUT2D eigenvalue weighted by Crippen LogP contribution is 2.14. The predicted octanol–water partition coefficient (Wildman–Crippen LogP) is 3.80. The van der Waals surface area contributed by atoms with Gasteiger partial charge in [0, 0.05) is 16.4 Å². The van der Waals surface area contributed by atoms with Crippen LogP contribution in [0.1, 0.15) is 21.5 Å². The third kappa shape index (κ3) is 4.40. The Morgan fingerprint density at radius 3 is 2.62 bits per heavy atom. The van der Waals surface area contributed by atoms with Crippen molar-refractivity contribution in [2.45, 2.75) is 13.5 Å². The SMILES string of the molecule is Cc1cccc(COn2cccc(C(=O)Nc3ccc(Br)cc3)c2=O)c1. The molecule has 6 heteroatoms. The molecule has 0 aliphatic carbocycles. The summed E-state index contributed by atoms with van der Waals surface area (Å²) in [6, 6.07) is 18.0. The molecule has 0 saturated carbocycles. The Morgan fingerprint density at radius 1 is 1.12 bits per heavy atom. The standard InChI is InChI=1S/C20H17BrN2O3/c1-14-4-2-5-15(12-14)13-26-23-11-3-6-18(20(23)25)19(24)22-17-9-7-16(21)8-10-17/h2-12H,13H2,1H3,(H,22,24). The number of nitrogens with one attached hydrogen (secondary N) is 1. The summed E-state index contributed by atoms with van der Waals surface area (Å²) >= 11 is 3.34. The second-order valence-corrected chi connectivity index (χ2v) is 6.69. The van der Waals surface area contributed by atoms with Crippen LogP contribution in [0.5, 0.6) is 0 Å². The van der Waals surface area contributed by atoms with E-state index in [1.54, 1.807) is 18.2 Å². The molecule has 0 aliphatic heterocycles. The van der Waals surface area contributed by atoms with Crippen molar-refractivity contribution in [3.8, 4) is 0 Å². The molecule has 1 heterocycles. The number of carbonyl (C=O) groups is 1. The number of halogens is 1. The van der Waals surface area contributed by atoms with E-state index in [-0.39, 0.29) is 12.2 Å². The lowest BCUT2D eigenvalue weighted by Crippen LogP contribution is -2.32. The van der Waals surface area contributed by atoms with Crippen LogP contribution in [0.15, 0.2) is 76.1 Å². The van der Waals surface area contributed by atoms with E-state index in [4.69, 9.17) is 4.84 Å². The molecule has 0 radical (unpaired) electrons. The van der Waals surface area contributed by atoms with Crippen LogP contribution >= 0.6 is 15.9 Å². The third-order valence-corrected chi connectivity index (χ3v) is 4.24. The van der Waals surface area contributed by atoms with Gasteiger partial charge in [-0.3, -0.25) is 9.59 Å². The Balaban J connectivity index is 1.75. The molecular formula is C20H17BrN2O3. The van der Waals surface area contributed by atoms with Gasteiger partial charge in [0.05, 0.1) is 0 Å². The molecule has 0 unspecified atom stereocenters. The fraction of sp³-hybridized carbons (Fsp3) is 0.100. The molecule has 3 rings (SSSR count). The van der Waals surface area contributed by atoms with E-state index >= 15 is 0 Å². The minimum Gasteiger partial charge on any atom is -0.406 e. The zero-order valence-corrected chi connectivity index (χ0v) is 15.7. The average molecular weight is 413 g/mol. The molecule has 3 aromatic rings.